The minimum Gasteiger partial charge on any atom is -0.487 e. The molecule has 0 aliphatic heterocycles. The van der Waals surface area contributed by atoms with Crippen molar-refractivity contribution >= 4 is 28.9 Å². The van der Waals surface area contributed by atoms with Crippen LogP contribution >= 0.6 is 11.3 Å². The summed E-state index contributed by atoms with van der Waals surface area (Å²) in [6.07, 6.45) is 3.04. The average Bonchev–Trinajstić information content (AvgIpc) is 2.94. The highest BCUT2D eigenvalue weighted by molar-refractivity contribution is 7.15. The molecule has 7 heteroatoms. The zero-order valence-electron chi connectivity index (χ0n) is 12.0. The van der Waals surface area contributed by atoms with Gasteiger partial charge in [-0.25, -0.2) is 9.18 Å². The van der Waals surface area contributed by atoms with E-state index in [0.717, 1.165) is 30.6 Å². The van der Waals surface area contributed by atoms with Crippen molar-refractivity contribution in [2.45, 2.75) is 25.4 Å². The van der Waals surface area contributed by atoms with E-state index in [0.29, 0.717) is 5.69 Å². The molecule has 2 N–H and O–H groups in total. The first kappa shape index (κ1) is 15.5. The van der Waals surface area contributed by atoms with Crippen molar-refractivity contribution in [1.29, 1.82) is 0 Å². The first-order chi connectivity index (χ1) is 11.0. The smallest absolute Gasteiger partial charge is 0.345 e. The standard InChI is InChI=1S/C16H14FNO4S/c17-11-8-9(4-5-12(11)22-10-2-1-3-10)18-15(19)13-6-7-14(23-13)16(20)21/h4-8,10H,1-3H2,(H,18,19)(H,20,21). The topological polar surface area (TPSA) is 75.6 Å². The van der Waals surface area contributed by atoms with Crippen LogP contribution in [0.2, 0.25) is 0 Å². The van der Waals surface area contributed by atoms with Crippen LogP contribution in [0.3, 0.4) is 0 Å². The molecule has 0 atom stereocenters. The number of carbonyl (C=O) groups is 2. The van der Waals surface area contributed by atoms with Crippen LogP contribution in [0.5, 0.6) is 5.75 Å². The van der Waals surface area contributed by atoms with E-state index in [1.165, 1.54) is 24.3 Å². The maximum absolute atomic E-state index is 14.0. The number of anilines is 1. The highest BCUT2D eigenvalue weighted by atomic mass is 32.1. The predicted octanol–water partition coefficient (Wildman–Crippen LogP) is 3.77. The summed E-state index contributed by atoms with van der Waals surface area (Å²) in [6, 6.07) is 7.02. The summed E-state index contributed by atoms with van der Waals surface area (Å²) in [5.41, 5.74) is 0.290. The summed E-state index contributed by atoms with van der Waals surface area (Å²) >= 11 is 0.865. The third-order valence-corrected chi connectivity index (χ3v) is 4.65. The second kappa shape index (κ2) is 6.37. The van der Waals surface area contributed by atoms with E-state index >= 15 is 0 Å². The van der Waals surface area contributed by atoms with Crippen molar-refractivity contribution in [2.24, 2.45) is 0 Å². The molecule has 2 aromatic rings. The number of rotatable bonds is 5. The van der Waals surface area contributed by atoms with E-state index in [2.05, 4.69) is 5.32 Å². The van der Waals surface area contributed by atoms with Gasteiger partial charge in [0.05, 0.1) is 11.0 Å². The molecule has 0 saturated heterocycles. The molecule has 5 nitrogen and oxygen atoms in total. The van der Waals surface area contributed by atoms with Crippen molar-refractivity contribution < 1.29 is 23.8 Å². The molecule has 0 bridgehead atoms. The first-order valence-electron chi connectivity index (χ1n) is 7.13. The molecule has 1 amide bonds. The number of carboxylic acids is 1. The Morgan fingerprint density at radius 1 is 1.22 bits per heavy atom. The molecule has 3 rings (SSSR count). The summed E-state index contributed by atoms with van der Waals surface area (Å²) in [5, 5.41) is 11.4. The lowest BCUT2D eigenvalue weighted by atomic mass is 9.96. The Labute approximate surface area is 135 Å². The second-order valence-corrected chi connectivity index (χ2v) is 6.32. The van der Waals surface area contributed by atoms with E-state index in [4.69, 9.17) is 9.84 Å². The molecule has 1 heterocycles. The van der Waals surface area contributed by atoms with Crippen LogP contribution in [0.25, 0.3) is 0 Å². The van der Waals surface area contributed by atoms with E-state index in [-0.39, 0.29) is 21.6 Å². The van der Waals surface area contributed by atoms with Gasteiger partial charge in [0, 0.05) is 11.8 Å². The maximum atomic E-state index is 14.0. The van der Waals surface area contributed by atoms with Crippen molar-refractivity contribution in [3.8, 4) is 5.75 Å². The highest BCUT2D eigenvalue weighted by Crippen LogP contribution is 2.28. The van der Waals surface area contributed by atoms with E-state index < -0.39 is 17.7 Å². The Hall–Kier alpha value is -2.41. The van der Waals surface area contributed by atoms with Crippen LogP contribution in [0, 0.1) is 5.82 Å². The fourth-order valence-corrected chi connectivity index (χ4v) is 2.85. The van der Waals surface area contributed by atoms with Gasteiger partial charge in [-0.15, -0.1) is 11.3 Å². The van der Waals surface area contributed by atoms with E-state index in [1.54, 1.807) is 6.07 Å². The van der Waals surface area contributed by atoms with Gasteiger partial charge in [-0.3, -0.25) is 4.79 Å². The molecule has 1 aromatic carbocycles. The largest absolute Gasteiger partial charge is 0.487 e. The van der Waals surface area contributed by atoms with Crippen LogP contribution in [-0.4, -0.2) is 23.1 Å². The fourth-order valence-electron chi connectivity index (χ4n) is 2.11. The van der Waals surface area contributed by atoms with E-state index in [1.807, 2.05) is 0 Å². The predicted molar refractivity (Wildman–Crippen MR) is 83.9 cm³/mol. The molecule has 23 heavy (non-hydrogen) atoms. The lowest BCUT2D eigenvalue weighted by Crippen LogP contribution is -2.25. The van der Waals surface area contributed by atoms with Gasteiger partial charge in [0.15, 0.2) is 11.6 Å². The SMILES string of the molecule is O=C(O)c1ccc(C(=O)Nc2ccc(OC3CCC3)c(F)c2)s1. The number of aromatic carboxylic acids is 1. The third-order valence-electron chi connectivity index (χ3n) is 3.58. The number of ether oxygens (including phenoxy) is 1. The lowest BCUT2D eigenvalue weighted by molar-refractivity contribution is 0.0702. The average molecular weight is 335 g/mol. The van der Waals surface area contributed by atoms with Gasteiger partial charge in [0.1, 0.15) is 4.88 Å². The molecule has 1 aliphatic carbocycles. The molecule has 0 radical (unpaired) electrons. The van der Waals surface area contributed by atoms with Crippen molar-refractivity contribution in [2.75, 3.05) is 5.32 Å². The molecule has 1 saturated carbocycles. The monoisotopic (exact) mass is 335 g/mol. The van der Waals surface area contributed by atoms with Crippen molar-refractivity contribution in [3.63, 3.8) is 0 Å². The van der Waals surface area contributed by atoms with Crippen LogP contribution in [0.15, 0.2) is 30.3 Å². The van der Waals surface area contributed by atoms with Gasteiger partial charge < -0.3 is 15.2 Å². The minimum absolute atomic E-state index is 0.0745. The van der Waals surface area contributed by atoms with Gasteiger partial charge in [-0.2, -0.15) is 0 Å². The summed E-state index contributed by atoms with van der Waals surface area (Å²) in [4.78, 5) is 23.2. The Kier molecular flexibility index (Phi) is 4.29. The fraction of sp³-hybridized carbons (Fsp3) is 0.250. The number of thiophene rings is 1. The number of hydrogen-bond acceptors (Lipinski definition) is 4. The normalized spacial score (nSPS) is 14.1. The molecular weight excluding hydrogens is 321 g/mol. The number of halogens is 1. The van der Waals surface area contributed by atoms with Gasteiger partial charge in [0.25, 0.3) is 5.91 Å². The molecule has 1 aliphatic rings. The van der Waals surface area contributed by atoms with Gasteiger partial charge in [0.2, 0.25) is 0 Å². The van der Waals surface area contributed by atoms with Gasteiger partial charge in [-0.05, 0) is 43.5 Å². The van der Waals surface area contributed by atoms with Crippen LogP contribution < -0.4 is 10.1 Å². The molecule has 120 valence electrons. The quantitative estimate of drug-likeness (QED) is 0.872. The Balaban J connectivity index is 1.67. The zero-order chi connectivity index (χ0) is 16.4. The number of amides is 1. The summed E-state index contributed by atoms with van der Waals surface area (Å²) in [7, 11) is 0. The van der Waals surface area contributed by atoms with E-state index in [9.17, 15) is 14.0 Å². The summed E-state index contributed by atoms with van der Waals surface area (Å²) in [5.74, 6) is -1.92. The highest BCUT2D eigenvalue weighted by Gasteiger charge is 2.21. The Morgan fingerprint density at radius 2 is 1.96 bits per heavy atom. The number of benzene rings is 1. The van der Waals surface area contributed by atoms with Crippen molar-refractivity contribution in [1.82, 2.24) is 0 Å². The molecular formula is C16H14FNO4S. The number of carbonyl (C=O) groups excluding carboxylic acids is 1. The summed E-state index contributed by atoms with van der Waals surface area (Å²) in [6.45, 7) is 0. The Morgan fingerprint density at radius 3 is 2.52 bits per heavy atom. The minimum atomic E-state index is -1.09. The van der Waals surface area contributed by atoms with Gasteiger partial charge >= 0.3 is 5.97 Å². The zero-order valence-corrected chi connectivity index (χ0v) is 12.9. The lowest BCUT2D eigenvalue weighted by Gasteiger charge is -2.26. The van der Waals surface area contributed by atoms with Crippen LogP contribution in [-0.2, 0) is 0 Å². The number of nitrogens with one attached hydrogen (secondary N) is 1. The molecule has 0 unspecified atom stereocenters. The number of carboxylic acid groups (broad SMARTS) is 1. The summed E-state index contributed by atoms with van der Waals surface area (Å²) < 4.78 is 19.5. The number of hydrogen-bond donors (Lipinski definition) is 2. The van der Waals surface area contributed by atoms with Crippen LogP contribution in [0.1, 0.15) is 38.6 Å². The first-order valence-corrected chi connectivity index (χ1v) is 7.95. The molecule has 1 fully saturated rings. The van der Waals surface area contributed by atoms with Crippen LogP contribution in [0.4, 0.5) is 10.1 Å². The van der Waals surface area contributed by atoms with Gasteiger partial charge in [-0.1, -0.05) is 0 Å². The van der Waals surface area contributed by atoms with Crippen molar-refractivity contribution in [3.05, 3.63) is 45.9 Å². The second-order valence-electron chi connectivity index (χ2n) is 5.24. The third kappa shape index (κ3) is 3.50. The Bertz CT molecular complexity index is 754. The maximum Gasteiger partial charge on any atom is 0.345 e. The molecule has 0 spiro atoms. The molecule has 1 aromatic heterocycles.